The highest BCUT2D eigenvalue weighted by Gasteiger charge is 2.12. The van der Waals surface area contributed by atoms with Gasteiger partial charge in [0.1, 0.15) is 11.5 Å². The molecule has 0 atom stereocenters. The molecule has 8 heteroatoms. The third-order valence-electron chi connectivity index (χ3n) is 2.81. The van der Waals surface area contributed by atoms with Crippen LogP contribution >= 0.6 is 12.4 Å². The molecule has 0 spiro atoms. The molecule has 0 aliphatic heterocycles. The number of halogens is 3. The molecular formula is C15H23ClF2N2O3. The van der Waals surface area contributed by atoms with Gasteiger partial charge in [-0.1, -0.05) is 6.92 Å². The lowest BCUT2D eigenvalue weighted by Crippen LogP contribution is -2.26. The topological polar surface area (TPSA) is 59.6 Å². The molecule has 0 saturated carbocycles. The van der Waals surface area contributed by atoms with Crippen LogP contribution in [-0.4, -0.2) is 32.7 Å². The number of hydrogen-bond donors (Lipinski definition) is 2. The van der Waals surface area contributed by atoms with Gasteiger partial charge >= 0.3 is 6.61 Å². The van der Waals surface area contributed by atoms with Crippen LogP contribution in [0.2, 0.25) is 0 Å². The summed E-state index contributed by atoms with van der Waals surface area (Å²) < 4.78 is 34.9. The van der Waals surface area contributed by atoms with E-state index in [1.54, 1.807) is 19.2 Å². The van der Waals surface area contributed by atoms with Crippen LogP contribution in [-0.2, 0) is 11.3 Å². The lowest BCUT2D eigenvalue weighted by atomic mass is 10.2. The Morgan fingerprint density at radius 3 is 2.70 bits per heavy atom. The van der Waals surface area contributed by atoms with E-state index < -0.39 is 6.61 Å². The smallest absolute Gasteiger partial charge is 0.387 e. The predicted molar refractivity (Wildman–Crippen MR) is 86.5 cm³/mol. The summed E-state index contributed by atoms with van der Waals surface area (Å²) in [5, 5.41) is 5.53. The standard InChI is InChI=1S/C15H22F2N2O3.ClH/c1-3-8-21-12-5-4-11(13(9-12)22-15(16)17)10-19-14(20)6-7-18-2;/h4-5,9,15,18H,3,6-8,10H2,1-2H3,(H,19,20);1H. The van der Waals surface area contributed by atoms with Crippen LogP contribution < -0.4 is 20.1 Å². The molecule has 0 unspecified atom stereocenters. The molecule has 1 aromatic rings. The van der Waals surface area contributed by atoms with E-state index >= 15 is 0 Å². The van der Waals surface area contributed by atoms with Crippen LogP contribution in [0.1, 0.15) is 25.3 Å². The van der Waals surface area contributed by atoms with Gasteiger partial charge in [-0.2, -0.15) is 8.78 Å². The van der Waals surface area contributed by atoms with Crippen LogP contribution in [0, 0.1) is 0 Å². The molecule has 1 amide bonds. The summed E-state index contributed by atoms with van der Waals surface area (Å²) in [4.78, 5) is 11.6. The summed E-state index contributed by atoms with van der Waals surface area (Å²) in [5.41, 5.74) is 0.474. The summed E-state index contributed by atoms with van der Waals surface area (Å²) in [5.74, 6) is 0.309. The second kappa shape index (κ2) is 11.9. The molecule has 23 heavy (non-hydrogen) atoms. The predicted octanol–water partition coefficient (Wildman–Crippen LogP) is 2.72. The van der Waals surface area contributed by atoms with Gasteiger partial charge in [-0.25, -0.2) is 0 Å². The van der Waals surface area contributed by atoms with Crippen molar-refractivity contribution >= 4 is 18.3 Å². The summed E-state index contributed by atoms with van der Waals surface area (Å²) in [6.07, 6.45) is 1.13. The normalized spacial score (nSPS) is 10.1. The second-order valence-electron chi connectivity index (χ2n) is 4.63. The number of alkyl halides is 2. The Labute approximate surface area is 141 Å². The first-order valence-corrected chi connectivity index (χ1v) is 7.18. The highest BCUT2D eigenvalue weighted by Crippen LogP contribution is 2.26. The van der Waals surface area contributed by atoms with E-state index in [9.17, 15) is 13.6 Å². The summed E-state index contributed by atoms with van der Waals surface area (Å²) in [7, 11) is 1.75. The third kappa shape index (κ3) is 8.56. The molecule has 0 bridgehead atoms. The number of ether oxygens (including phenoxy) is 2. The molecule has 0 saturated heterocycles. The number of carbonyl (C=O) groups is 1. The minimum Gasteiger partial charge on any atom is -0.493 e. The molecule has 5 nitrogen and oxygen atoms in total. The Kier molecular flexibility index (Phi) is 11.1. The zero-order valence-electron chi connectivity index (χ0n) is 13.2. The van der Waals surface area contributed by atoms with Gasteiger partial charge in [-0.15, -0.1) is 12.4 Å². The van der Waals surface area contributed by atoms with E-state index in [1.807, 2.05) is 6.92 Å². The maximum absolute atomic E-state index is 12.5. The van der Waals surface area contributed by atoms with E-state index in [0.29, 0.717) is 30.9 Å². The van der Waals surface area contributed by atoms with Gasteiger partial charge in [0.05, 0.1) is 6.61 Å². The Balaban J connectivity index is 0.00000484. The Morgan fingerprint density at radius 1 is 1.35 bits per heavy atom. The molecular weight excluding hydrogens is 330 g/mol. The Bertz CT molecular complexity index is 476. The lowest BCUT2D eigenvalue weighted by molar-refractivity contribution is -0.121. The molecule has 0 radical (unpaired) electrons. The molecule has 0 aliphatic rings. The summed E-state index contributed by atoms with van der Waals surface area (Å²) in [6.45, 7) is 0.189. The SMILES string of the molecule is CCCOc1ccc(CNC(=O)CCNC)c(OC(F)F)c1.Cl. The number of rotatable bonds is 10. The fraction of sp³-hybridized carbons (Fsp3) is 0.533. The first-order chi connectivity index (χ1) is 10.6. The fourth-order valence-electron chi connectivity index (χ4n) is 1.72. The van der Waals surface area contributed by atoms with Crippen LogP contribution in [0.3, 0.4) is 0 Å². The average Bonchev–Trinajstić information content (AvgIpc) is 2.49. The highest BCUT2D eigenvalue weighted by molar-refractivity contribution is 5.85. The third-order valence-corrected chi connectivity index (χ3v) is 2.81. The van der Waals surface area contributed by atoms with Crippen molar-refractivity contribution in [3.8, 4) is 11.5 Å². The maximum atomic E-state index is 12.5. The second-order valence-corrected chi connectivity index (χ2v) is 4.63. The molecule has 0 heterocycles. The fourth-order valence-corrected chi connectivity index (χ4v) is 1.72. The quantitative estimate of drug-likeness (QED) is 0.679. The van der Waals surface area contributed by atoms with Crippen molar-refractivity contribution < 1.29 is 23.0 Å². The Hall–Kier alpha value is -1.60. The van der Waals surface area contributed by atoms with Gasteiger partial charge < -0.3 is 20.1 Å². The van der Waals surface area contributed by atoms with Crippen LogP contribution in [0.25, 0.3) is 0 Å². The van der Waals surface area contributed by atoms with Crippen molar-refractivity contribution in [2.75, 3.05) is 20.2 Å². The Morgan fingerprint density at radius 2 is 2.09 bits per heavy atom. The number of hydrogen-bond acceptors (Lipinski definition) is 4. The van der Waals surface area contributed by atoms with Crippen molar-refractivity contribution in [3.63, 3.8) is 0 Å². The number of nitrogens with one attached hydrogen (secondary N) is 2. The maximum Gasteiger partial charge on any atom is 0.387 e. The van der Waals surface area contributed by atoms with E-state index in [4.69, 9.17) is 4.74 Å². The van der Waals surface area contributed by atoms with Gasteiger partial charge in [0.15, 0.2) is 0 Å². The van der Waals surface area contributed by atoms with Gasteiger partial charge in [-0.05, 0) is 25.6 Å². The van der Waals surface area contributed by atoms with E-state index in [0.717, 1.165) is 6.42 Å². The monoisotopic (exact) mass is 352 g/mol. The van der Waals surface area contributed by atoms with Crippen LogP contribution in [0.5, 0.6) is 11.5 Å². The van der Waals surface area contributed by atoms with Crippen molar-refractivity contribution in [3.05, 3.63) is 23.8 Å². The lowest BCUT2D eigenvalue weighted by Gasteiger charge is -2.14. The zero-order chi connectivity index (χ0) is 16.4. The molecule has 2 N–H and O–H groups in total. The van der Waals surface area contributed by atoms with Crippen molar-refractivity contribution in [2.24, 2.45) is 0 Å². The van der Waals surface area contributed by atoms with E-state index in [-0.39, 0.29) is 30.6 Å². The van der Waals surface area contributed by atoms with Crippen molar-refractivity contribution in [1.29, 1.82) is 0 Å². The minimum atomic E-state index is -2.93. The highest BCUT2D eigenvalue weighted by atomic mass is 35.5. The van der Waals surface area contributed by atoms with E-state index in [1.165, 1.54) is 6.07 Å². The summed E-state index contributed by atoms with van der Waals surface area (Å²) in [6, 6.07) is 4.70. The van der Waals surface area contributed by atoms with Crippen LogP contribution in [0.4, 0.5) is 8.78 Å². The van der Waals surface area contributed by atoms with Gasteiger partial charge in [0.25, 0.3) is 0 Å². The number of benzene rings is 1. The van der Waals surface area contributed by atoms with Crippen LogP contribution in [0.15, 0.2) is 18.2 Å². The van der Waals surface area contributed by atoms with Crippen molar-refractivity contribution in [2.45, 2.75) is 32.9 Å². The molecule has 0 aromatic heterocycles. The van der Waals surface area contributed by atoms with Gasteiger partial charge in [-0.3, -0.25) is 4.79 Å². The first kappa shape index (κ1) is 21.4. The van der Waals surface area contributed by atoms with Crippen molar-refractivity contribution in [1.82, 2.24) is 10.6 Å². The van der Waals surface area contributed by atoms with Gasteiger partial charge in [0, 0.05) is 31.1 Å². The number of amides is 1. The van der Waals surface area contributed by atoms with E-state index in [2.05, 4.69) is 15.4 Å². The molecule has 1 aromatic carbocycles. The molecule has 132 valence electrons. The molecule has 0 aliphatic carbocycles. The number of carbonyl (C=O) groups excluding carboxylic acids is 1. The summed E-state index contributed by atoms with van der Waals surface area (Å²) >= 11 is 0. The zero-order valence-corrected chi connectivity index (χ0v) is 14.1. The average molecular weight is 353 g/mol. The minimum absolute atomic E-state index is 0. The first-order valence-electron chi connectivity index (χ1n) is 7.18. The molecule has 1 rings (SSSR count). The molecule has 0 fully saturated rings. The van der Waals surface area contributed by atoms with Gasteiger partial charge in [0.2, 0.25) is 5.91 Å². The largest absolute Gasteiger partial charge is 0.493 e.